The molecule has 0 aliphatic carbocycles. The van der Waals surface area contributed by atoms with Crippen LogP contribution in [0.1, 0.15) is 5.56 Å². The molecule has 0 saturated carbocycles. The summed E-state index contributed by atoms with van der Waals surface area (Å²) < 4.78 is 5.50. The largest absolute Gasteiger partial charge is 0.495 e. The summed E-state index contributed by atoms with van der Waals surface area (Å²) in [5.74, 6) is 0.246. The first-order valence-electron chi connectivity index (χ1n) is 5.82. The van der Waals surface area contributed by atoms with Gasteiger partial charge in [0.15, 0.2) is 0 Å². The van der Waals surface area contributed by atoms with Gasteiger partial charge in [0.1, 0.15) is 22.0 Å². The fraction of sp³-hybridized carbons (Fsp3) is 0.0769. The Balaban J connectivity index is 2.57. The number of nitriles is 1. The molecule has 0 spiro atoms. The number of anilines is 2. The number of nitrogens with zero attached hydrogens (tertiary/aromatic N) is 3. The van der Waals surface area contributed by atoms with Crippen molar-refractivity contribution in [3.05, 3.63) is 49.6 Å². The summed E-state index contributed by atoms with van der Waals surface area (Å²) >= 11 is 9.11. The number of pyridine rings is 1. The fourth-order valence-corrected chi connectivity index (χ4v) is 2.27. The summed E-state index contributed by atoms with van der Waals surface area (Å²) in [6, 6.07) is 7.67. The molecule has 0 saturated heterocycles. The quantitative estimate of drug-likeness (QED) is 0.486. The average Bonchev–Trinajstić information content (AvgIpc) is 2.46. The lowest BCUT2D eigenvalue weighted by atomic mass is 10.1. The number of aromatic nitrogens is 1. The van der Waals surface area contributed by atoms with E-state index in [1.807, 2.05) is 6.07 Å². The van der Waals surface area contributed by atoms with E-state index in [-0.39, 0.29) is 28.5 Å². The highest BCUT2D eigenvalue weighted by molar-refractivity contribution is 9.10. The SMILES string of the molecule is COc1cc(Cl)cc(Nc2nc(Br)ccc2[N+](=O)[O-])c1C#N. The Morgan fingerprint density at radius 3 is 2.82 bits per heavy atom. The molecule has 0 unspecified atom stereocenters. The topological polar surface area (TPSA) is 101 Å². The van der Waals surface area contributed by atoms with Crippen molar-refractivity contribution in [2.75, 3.05) is 12.4 Å². The Morgan fingerprint density at radius 1 is 1.50 bits per heavy atom. The smallest absolute Gasteiger partial charge is 0.311 e. The molecule has 0 aliphatic rings. The number of ether oxygens (including phenoxy) is 1. The van der Waals surface area contributed by atoms with Crippen molar-refractivity contribution in [2.45, 2.75) is 0 Å². The molecule has 1 heterocycles. The van der Waals surface area contributed by atoms with Gasteiger partial charge in [0, 0.05) is 17.2 Å². The van der Waals surface area contributed by atoms with E-state index in [9.17, 15) is 15.4 Å². The van der Waals surface area contributed by atoms with E-state index in [1.54, 1.807) is 0 Å². The number of hydrogen-bond acceptors (Lipinski definition) is 6. The molecule has 9 heteroatoms. The predicted molar refractivity (Wildman–Crippen MR) is 84.6 cm³/mol. The highest BCUT2D eigenvalue weighted by atomic mass is 79.9. The number of halogens is 2. The van der Waals surface area contributed by atoms with Crippen LogP contribution < -0.4 is 10.1 Å². The standard InChI is InChI=1S/C13H8BrClN4O3/c1-22-11-5-7(15)4-9(8(11)6-16)17-13-10(19(20)21)2-3-12(14)18-13/h2-5H,1H3,(H,17,18). The van der Waals surface area contributed by atoms with Gasteiger partial charge >= 0.3 is 5.69 Å². The zero-order chi connectivity index (χ0) is 16.3. The molecule has 0 amide bonds. The second-order valence-electron chi connectivity index (χ2n) is 4.03. The number of benzene rings is 1. The lowest BCUT2D eigenvalue weighted by Gasteiger charge is -2.11. The second-order valence-corrected chi connectivity index (χ2v) is 5.28. The van der Waals surface area contributed by atoms with Crippen molar-refractivity contribution in [3.63, 3.8) is 0 Å². The van der Waals surface area contributed by atoms with E-state index >= 15 is 0 Å². The van der Waals surface area contributed by atoms with Crippen molar-refractivity contribution in [3.8, 4) is 11.8 Å². The van der Waals surface area contributed by atoms with Gasteiger partial charge in [-0.05, 0) is 28.1 Å². The fourth-order valence-electron chi connectivity index (χ4n) is 1.75. The minimum Gasteiger partial charge on any atom is -0.495 e. The van der Waals surface area contributed by atoms with Crippen LogP contribution in [-0.4, -0.2) is 17.0 Å². The average molecular weight is 384 g/mol. The first kappa shape index (κ1) is 16.0. The molecule has 2 aromatic rings. The minimum atomic E-state index is -0.574. The van der Waals surface area contributed by atoms with Crippen LogP contribution in [0.3, 0.4) is 0 Å². The zero-order valence-electron chi connectivity index (χ0n) is 11.1. The summed E-state index contributed by atoms with van der Waals surface area (Å²) in [5.41, 5.74) is 0.203. The second kappa shape index (κ2) is 6.60. The van der Waals surface area contributed by atoms with Crippen LogP contribution in [-0.2, 0) is 0 Å². The number of hydrogen-bond donors (Lipinski definition) is 1. The minimum absolute atomic E-state index is 0.0137. The van der Waals surface area contributed by atoms with Gasteiger partial charge < -0.3 is 10.1 Å². The molecule has 2 rings (SSSR count). The first-order chi connectivity index (χ1) is 10.5. The zero-order valence-corrected chi connectivity index (χ0v) is 13.5. The molecule has 1 N–H and O–H groups in total. The van der Waals surface area contributed by atoms with Crippen molar-refractivity contribution < 1.29 is 9.66 Å². The van der Waals surface area contributed by atoms with E-state index in [0.717, 1.165) is 0 Å². The number of rotatable bonds is 4. The molecular formula is C13H8BrClN4O3. The molecule has 112 valence electrons. The van der Waals surface area contributed by atoms with Crippen LogP contribution in [0.25, 0.3) is 0 Å². The van der Waals surface area contributed by atoms with E-state index in [4.69, 9.17) is 16.3 Å². The van der Waals surface area contributed by atoms with Crippen molar-refractivity contribution in [2.24, 2.45) is 0 Å². The molecule has 0 fully saturated rings. The van der Waals surface area contributed by atoms with Crippen LogP contribution in [0.5, 0.6) is 5.75 Å². The Morgan fingerprint density at radius 2 is 2.23 bits per heavy atom. The van der Waals surface area contributed by atoms with Gasteiger partial charge in [0.2, 0.25) is 5.82 Å². The van der Waals surface area contributed by atoms with E-state index in [0.29, 0.717) is 9.63 Å². The molecular weight excluding hydrogens is 376 g/mol. The molecule has 0 aliphatic heterocycles. The lowest BCUT2D eigenvalue weighted by Crippen LogP contribution is -2.02. The first-order valence-corrected chi connectivity index (χ1v) is 6.99. The lowest BCUT2D eigenvalue weighted by molar-refractivity contribution is -0.384. The third-order valence-corrected chi connectivity index (χ3v) is 3.35. The Labute approximate surface area is 138 Å². The Bertz CT molecular complexity index is 792. The Kier molecular flexibility index (Phi) is 4.80. The highest BCUT2D eigenvalue weighted by Gasteiger charge is 2.19. The van der Waals surface area contributed by atoms with Gasteiger partial charge in [0.25, 0.3) is 0 Å². The highest BCUT2D eigenvalue weighted by Crippen LogP contribution is 2.34. The van der Waals surface area contributed by atoms with Crippen LogP contribution in [0.4, 0.5) is 17.2 Å². The predicted octanol–water partition coefficient (Wildman–Crippen LogP) is 4.03. The number of nitro groups is 1. The van der Waals surface area contributed by atoms with Gasteiger partial charge in [0.05, 0.1) is 17.7 Å². The van der Waals surface area contributed by atoms with Gasteiger partial charge in [-0.25, -0.2) is 4.98 Å². The van der Waals surface area contributed by atoms with E-state index < -0.39 is 4.92 Å². The monoisotopic (exact) mass is 382 g/mol. The number of nitrogens with one attached hydrogen (secondary N) is 1. The summed E-state index contributed by atoms with van der Waals surface area (Å²) in [7, 11) is 1.40. The van der Waals surface area contributed by atoms with Crippen molar-refractivity contribution >= 4 is 44.7 Å². The molecule has 0 atom stereocenters. The van der Waals surface area contributed by atoms with Crippen LogP contribution in [0.2, 0.25) is 5.02 Å². The molecule has 22 heavy (non-hydrogen) atoms. The summed E-state index contributed by atoms with van der Waals surface area (Å²) in [5, 5.41) is 23.4. The maximum Gasteiger partial charge on any atom is 0.311 e. The van der Waals surface area contributed by atoms with Crippen LogP contribution in [0, 0.1) is 21.4 Å². The van der Waals surface area contributed by atoms with Gasteiger partial charge in [-0.1, -0.05) is 11.6 Å². The summed E-state index contributed by atoms with van der Waals surface area (Å²) in [6.07, 6.45) is 0. The summed E-state index contributed by atoms with van der Waals surface area (Å²) in [6.45, 7) is 0. The molecule has 1 aromatic heterocycles. The van der Waals surface area contributed by atoms with Gasteiger partial charge in [-0.15, -0.1) is 0 Å². The van der Waals surface area contributed by atoms with Crippen molar-refractivity contribution in [1.82, 2.24) is 4.98 Å². The molecule has 0 bridgehead atoms. The third-order valence-electron chi connectivity index (χ3n) is 2.69. The normalized spacial score (nSPS) is 9.91. The molecule has 7 nitrogen and oxygen atoms in total. The summed E-state index contributed by atoms with van der Waals surface area (Å²) in [4.78, 5) is 14.5. The van der Waals surface area contributed by atoms with E-state index in [1.165, 1.54) is 31.4 Å². The van der Waals surface area contributed by atoms with Crippen LogP contribution in [0.15, 0.2) is 28.9 Å². The Hall–Kier alpha value is -2.37. The molecule has 1 aromatic carbocycles. The van der Waals surface area contributed by atoms with Crippen LogP contribution >= 0.6 is 27.5 Å². The third kappa shape index (κ3) is 3.27. The van der Waals surface area contributed by atoms with Crippen molar-refractivity contribution in [1.29, 1.82) is 5.26 Å². The maximum absolute atomic E-state index is 11.1. The maximum atomic E-state index is 11.1. The van der Waals surface area contributed by atoms with E-state index in [2.05, 4.69) is 26.2 Å². The number of methoxy groups -OCH3 is 1. The van der Waals surface area contributed by atoms with Gasteiger partial charge in [-0.2, -0.15) is 5.26 Å². The van der Waals surface area contributed by atoms with Gasteiger partial charge in [-0.3, -0.25) is 10.1 Å². The molecule has 0 radical (unpaired) electrons.